The Balaban J connectivity index is 2.58. The van der Waals surface area contributed by atoms with Crippen molar-refractivity contribution in [3.05, 3.63) is 16.4 Å². The van der Waals surface area contributed by atoms with Gasteiger partial charge in [0.2, 0.25) is 0 Å². The fraction of sp³-hybridized carbons (Fsp3) is 0.667. The summed E-state index contributed by atoms with van der Waals surface area (Å²) in [6.07, 6.45) is 4.06. The minimum Gasteiger partial charge on any atom is -0.268 e. The molecule has 0 unspecified atom stereocenters. The molecule has 0 N–H and O–H groups in total. The van der Waals surface area contributed by atoms with Gasteiger partial charge in [-0.25, -0.2) is 0 Å². The molecule has 0 aliphatic carbocycles. The summed E-state index contributed by atoms with van der Waals surface area (Å²) in [6.45, 7) is 7.48. The van der Waals surface area contributed by atoms with E-state index in [2.05, 4.69) is 41.1 Å². The smallest absolute Gasteiger partial charge is 0.128 e. The molecule has 2 nitrogen and oxygen atoms in total. The van der Waals surface area contributed by atoms with Gasteiger partial charge >= 0.3 is 0 Å². The van der Waals surface area contributed by atoms with Crippen LogP contribution in [0.5, 0.6) is 0 Å². The Morgan fingerprint density at radius 1 is 1.58 bits per heavy atom. The maximum absolute atomic E-state index is 4.13. The van der Waals surface area contributed by atoms with Crippen LogP contribution in [0.25, 0.3) is 0 Å². The second-order valence-electron chi connectivity index (χ2n) is 3.42. The third-order valence-corrected chi connectivity index (χ3v) is 2.64. The molecule has 0 saturated carbocycles. The van der Waals surface area contributed by atoms with E-state index in [9.17, 15) is 0 Å². The van der Waals surface area contributed by atoms with Gasteiger partial charge in [0.15, 0.2) is 0 Å². The maximum Gasteiger partial charge on any atom is 0.128 e. The van der Waals surface area contributed by atoms with Crippen molar-refractivity contribution in [2.45, 2.75) is 33.7 Å². The summed E-state index contributed by atoms with van der Waals surface area (Å²) in [5.74, 6) is 0.729. The highest BCUT2D eigenvalue weighted by Crippen LogP contribution is 2.14. The highest BCUT2D eigenvalue weighted by atomic mass is 79.9. The summed E-state index contributed by atoms with van der Waals surface area (Å²) < 4.78 is 2.97. The predicted octanol–water partition coefficient (Wildman–Crippen LogP) is 2.80. The molecule has 1 radical (unpaired) electrons. The minimum absolute atomic E-state index is 0.729. The van der Waals surface area contributed by atoms with Crippen LogP contribution < -0.4 is 0 Å². The highest BCUT2D eigenvalue weighted by Gasteiger charge is 2.03. The van der Waals surface area contributed by atoms with Crippen molar-refractivity contribution in [3.8, 4) is 0 Å². The fourth-order valence-corrected chi connectivity index (χ4v) is 1.26. The van der Waals surface area contributed by atoms with Gasteiger partial charge in [-0.2, -0.15) is 5.10 Å². The predicted molar refractivity (Wildman–Crippen MR) is 53.0 cm³/mol. The summed E-state index contributed by atoms with van der Waals surface area (Å²) >= 11 is 3.38. The van der Waals surface area contributed by atoms with E-state index in [0.717, 1.165) is 22.6 Å². The van der Waals surface area contributed by atoms with Gasteiger partial charge in [-0.15, -0.1) is 0 Å². The molecule has 1 rings (SSSR count). The van der Waals surface area contributed by atoms with E-state index in [-0.39, 0.29) is 0 Å². The quantitative estimate of drug-likeness (QED) is 0.780. The Bertz CT molecular complexity index is 253. The average molecular weight is 230 g/mol. The van der Waals surface area contributed by atoms with Crippen LogP contribution in [0.2, 0.25) is 0 Å². The number of nitrogens with zero attached hydrogens (tertiary/aromatic N) is 2. The summed E-state index contributed by atoms with van der Waals surface area (Å²) in [7, 11) is 0. The van der Waals surface area contributed by atoms with Gasteiger partial charge in [0, 0.05) is 6.54 Å². The monoisotopic (exact) mass is 229 g/mol. The Kier molecular flexibility index (Phi) is 3.32. The molecule has 0 aromatic carbocycles. The maximum atomic E-state index is 4.13. The Labute approximate surface area is 82.1 Å². The summed E-state index contributed by atoms with van der Waals surface area (Å²) in [6, 6.07) is 0. The van der Waals surface area contributed by atoms with Gasteiger partial charge in [0.25, 0.3) is 0 Å². The van der Waals surface area contributed by atoms with Crippen LogP contribution in [0.15, 0.2) is 4.47 Å². The SMILES string of the molecule is Cc1c(Br)[c]nn1CCC(C)C. The van der Waals surface area contributed by atoms with E-state index in [4.69, 9.17) is 0 Å². The first-order valence-electron chi connectivity index (χ1n) is 4.22. The lowest BCUT2D eigenvalue weighted by atomic mass is 10.1. The highest BCUT2D eigenvalue weighted by molar-refractivity contribution is 9.10. The zero-order valence-electron chi connectivity index (χ0n) is 7.76. The van der Waals surface area contributed by atoms with Crippen molar-refractivity contribution in [1.29, 1.82) is 0 Å². The normalized spacial score (nSPS) is 11.1. The molecule has 1 heterocycles. The minimum atomic E-state index is 0.729. The van der Waals surface area contributed by atoms with Gasteiger partial charge < -0.3 is 0 Å². The number of hydrogen-bond donors (Lipinski definition) is 0. The summed E-state index contributed by atoms with van der Waals surface area (Å²) in [5.41, 5.74) is 1.16. The van der Waals surface area contributed by atoms with Crippen LogP contribution in [-0.4, -0.2) is 9.78 Å². The number of rotatable bonds is 3. The molecular weight excluding hydrogens is 216 g/mol. The third kappa shape index (κ3) is 2.34. The molecule has 0 spiro atoms. The lowest BCUT2D eigenvalue weighted by molar-refractivity contribution is 0.480. The molecule has 0 saturated heterocycles. The molecule has 1 aromatic rings. The van der Waals surface area contributed by atoms with E-state index in [1.807, 2.05) is 11.6 Å². The van der Waals surface area contributed by atoms with Crippen molar-refractivity contribution in [1.82, 2.24) is 9.78 Å². The van der Waals surface area contributed by atoms with Crippen molar-refractivity contribution in [3.63, 3.8) is 0 Å². The Morgan fingerprint density at radius 3 is 2.67 bits per heavy atom. The second kappa shape index (κ2) is 4.08. The first-order chi connectivity index (χ1) is 5.61. The van der Waals surface area contributed by atoms with Crippen LogP contribution in [-0.2, 0) is 6.54 Å². The number of halogens is 1. The molecular formula is C9H14BrN2. The van der Waals surface area contributed by atoms with Gasteiger partial charge in [0.05, 0.1) is 10.2 Å². The molecule has 3 heteroatoms. The van der Waals surface area contributed by atoms with E-state index < -0.39 is 0 Å². The zero-order valence-corrected chi connectivity index (χ0v) is 9.35. The standard InChI is InChI=1S/C9H14BrN2/c1-7(2)4-5-12-8(3)9(10)6-11-12/h7H,4-5H2,1-3H3. The van der Waals surface area contributed by atoms with Crippen molar-refractivity contribution in [2.24, 2.45) is 5.92 Å². The molecule has 12 heavy (non-hydrogen) atoms. The lowest BCUT2D eigenvalue weighted by Crippen LogP contribution is -2.04. The molecule has 1 aromatic heterocycles. The Morgan fingerprint density at radius 2 is 2.25 bits per heavy atom. The first kappa shape index (κ1) is 9.78. The van der Waals surface area contributed by atoms with Gasteiger partial charge in [-0.1, -0.05) is 13.8 Å². The molecule has 0 fully saturated rings. The van der Waals surface area contributed by atoms with E-state index in [1.165, 1.54) is 6.42 Å². The fourth-order valence-electron chi connectivity index (χ4n) is 0.972. The number of aromatic nitrogens is 2. The van der Waals surface area contributed by atoms with Gasteiger partial charge in [0.1, 0.15) is 6.20 Å². The van der Waals surface area contributed by atoms with E-state index >= 15 is 0 Å². The van der Waals surface area contributed by atoms with Gasteiger partial charge in [-0.3, -0.25) is 4.68 Å². The largest absolute Gasteiger partial charge is 0.268 e. The van der Waals surface area contributed by atoms with Gasteiger partial charge in [-0.05, 0) is 35.2 Å². The summed E-state index contributed by atoms with van der Waals surface area (Å²) in [4.78, 5) is 0. The zero-order chi connectivity index (χ0) is 9.14. The molecule has 0 atom stereocenters. The molecule has 0 amide bonds. The van der Waals surface area contributed by atoms with Crippen LogP contribution >= 0.6 is 15.9 Å². The second-order valence-corrected chi connectivity index (χ2v) is 4.21. The summed E-state index contributed by atoms with van der Waals surface area (Å²) in [5, 5.41) is 4.13. The molecule has 0 aliphatic heterocycles. The van der Waals surface area contributed by atoms with Crippen molar-refractivity contribution >= 4 is 15.9 Å². The number of hydrogen-bond acceptors (Lipinski definition) is 1. The van der Waals surface area contributed by atoms with Crippen LogP contribution in [0.4, 0.5) is 0 Å². The van der Waals surface area contributed by atoms with Crippen LogP contribution in [0.3, 0.4) is 0 Å². The first-order valence-corrected chi connectivity index (χ1v) is 5.01. The van der Waals surface area contributed by atoms with Crippen molar-refractivity contribution < 1.29 is 0 Å². The molecule has 0 aliphatic rings. The van der Waals surface area contributed by atoms with E-state index in [0.29, 0.717) is 0 Å². The van der Waals surface area contributed by atoms with Crippen LogP contribution in [0, 0.1) is 19.0 Å². The van der Waals surface area contributed by atoms with Crippen LogP contribution in [0.1, 0.15) is 26.0 Å². The third-order valence-electron chi connectivity index (χ3n) is 1.89. The van der Waals surface area contributed by atoms with Crippen molar-refractivity contribution in [2.75, 3.05) is 0 Å². The molecule has 67 valence electrons. The van der Waals surface area contributed by atoms with E-state index in [1.54, 1.807) is 0 Å². The molecule has 0 bridgehead atoms. The topological polar surface area (TPSA) is 17.8 Å². The lowest BCUT2D eigenvalue weighted by Gasteiger charge is -2.06. The average Bonchev–Trinajstić information content (AvgIpc) is 2.30. The Hall–Kier alpha value is -0.310. The number of aryl methyl sites for hydroxylation is 1.